The number of aliphatic hydroxyl groups excluding tert-OH is 1. The highest BCUT2D eigenvalue weighted by Crippen LogP contribution is 2.20. The monoisotopic (exact) mass is 240 g/mol. The molecule has 2 atom stereocenters. The van der Waals surface area contributed by atoms with E-state index in [0.717, 1.165) is 38.8 Å². The number of carbonyl (C=O) groups excluding carboxylic acids is 1. The molecule has 17 heavy (non-hydrogen) atoms. The number of rotatable bonds is 2. The van der Waals surface area contributed by atoms with Gasteiger partial charge < -0.3 is 15.3 Å². The minimum absolute atomic E-state index is 0.0319. The molecule has 1 amide bonds. The summed E-state index contributed by atoms with van der Waals surface area (Å²) in [4.78, 5) is 14.3. The summed E-state index contributed by atoms with van der Waals surface area (Å²) in [7, 11) is 0. The number of amides is 1. The number of aliphatic hydroxyl groups is 1. The lowest BCUT2D eigenvalue weighted by Gasteiger charge is -2.36. The van der Waals surface area contributed by atoms with Crippen LogP contribution in [-0.2, 0) is 4.79 Å². The Labute approximate surface area is 103 Å². The summed E-state index contributed by atoms with van der Waals surface area (Å²) >= 11 is 0. The molecule has 2 rings (SSSR count). The predicted octanol–water partition coefficient (Wildman–Crippen LogP) is 0.748. The van der Waals surface area contributed by atoms with Gasteiger partial charge in [-0.1, -0.05) is 0 Å². The van der Waals surface area contributed by atoms with Gasteiger partial charge in [0.05, 0.1) is 6.04 Å². The van der Waals surface area contributed by atoms with E-state index in [4.69, 9.17) is 5.11 Å². The van der Waals surface area contributed by atoms with Crippen LogP contribution >= 0.6 is 0 Å². The van der Waals surface area contributed by atoms with Gasteiger partial charge in [-0.05, 0) is 44.9 Å². The first-order valence-electron chi connectivity index (χ1n) is 6.86. The molecule has 0 spiro atoms. The number of nitrogens with zero attached hydrogens (tertiary/aromatic N) is 1. The highest BCUT2D eigenvalue weighted by atomic mass is 16.3. The van der Waals surface area contributed by atoms with Crippen molar-refractivity contribution >= 4 is 5.91 Å². The van der Waals surface area contributed by atoms with Crippen LogP contribution in [0.5, 0.6) is 0 Å². The van der Waals surface area contributed by atoms with Crippen LogP contribution in [-0.4, -0.2) is 47.7 Å². The molecule has 4 nitrogen and oxygen atoms in total. The van der Waals surface area contributed by atoms with Gasteiger partial charge in [0.2, 0.25) is 5.91 Å². The van der Waals surface area contributed by atoms with Gasteiger partial charge in [-0.25, -0.2) is 0 Å². The molecule has 0 saturated carbocycles. The van der Waals surface area contributed by atoms with E-state index in [-0.39, 0.29) is 18.6 Å². The number of carbonyl (C=O) groups is 1. The summed E-state index contributed by atoms with van der Waals surface area (Å²) in [5.41, 5.74) is 0. The van der Waals surface area contributed by atoms with Gasteiger partial charge in [0.15, 0.2) is 0 Å². The third kappa shape index (κ3) is 3.19. The zero-order valence-corrected chi connectivity index (χ0v) is 10.7. The summed E-state index contributed by atoms with van der Waals surface area (Å²) in [6.07, 6.45) is 5.20. The molecule has 4 heteroatoms. The van der Waals surface area contributed by atoms with E-state index in [9.17, 15) is 4.79 Å². The van der Waals surface area contributed by atoms with Crippen molar-refractivity contribution in [3.63, 3.8) is 0 Å². The predicted molar refractivity (Wildman–Crippen MR) is 66.6 cm³/mol. The number of piperidine rings is 2. The largest absolute Gasteiger partial charge is 0.396 e. The van der Waals surface area contributed by atoms with Gasteiger partial charge in [0.1, 0.15) is 0 Å². The van der Waals surface area contributed by atoms with Crippen LogP contribution < -0.4 is 5.32 Å². The van der Waals surface area contributed by atoms with E-state index in [1.807, 2.05) is 4.90 Å². The molecule has 0 radical (unpaired) electrons. The molecular weight excluding hydrogens is 216 g/mol. The zero-order chi connectivity index (χ0) is 12.3. The van der Waals surface area contributed by atoms with Crippen LogP contribution in [0.1, 0.15) is 39.0 Å². The van der Waals surface area contributed by atoms with Crippen molar-refractivity contribution in [2.45, 2.75) is 51.1 Å². The fraction of sp³-hybridized carbons (Fsp3) is 0.923. The second-order valence-corrected chi connectivity index (χ2v) is 5.50. The van der Waals surface area contributed by atoms with Gasteiger partial charge in [-0.2, -0.15) is 0 Å². The van der Waals surface area contributed by atoms with Crippen molar-refractivity contribution < 1.29 is 9.90 Å². The third-order valence-electron chi connectivity index (χ3n) is 4.10. The van der Waals surface area contributed by atoms with Crippen LogP contribution in [0.3, 0.4) is 0 Å². The molecular formula is C13H24N2O2. The van der Waals surface area contributed by atoms with Crippen LogP contribution in [0, 0.1) is 5.92 Å². The first-order valence-corrected chi connectivity index (χ1v) is 6.86. The summed E-state index contributed by atoms with van der Waals surface area (Å²) in [5, 5.41) is 12.5. The van der Waals surface area contributed by atoms with Gasteiger partial charge >= 0.3 is 0 Å². The summed E-state index contributed by atoms with van der Waals surface area (Å²) in [6.45, 7) is 4.05. The first kappa shape index (κ1) is 12.8. The van der Waals surface area contributed by atoms with Gasteiger partial charge in [0.25, 0.3) is 0 Å². The smallest absolute Gasteiger partial charge is 0.239 e. The molecule has 0 aromatic heterocycles. The second kappa shape index (κ2) is 5.83. The van der Waals surface area contributed by atoms with E-state index < -0.39 is 0 Å². The summed E-state index contributed by atoms with van der Waals surface area (Å²) in [5.74, 6) is 0.672. The quantitative estimate of drug-likeness (QED) is 0.749. The van der Waals surface area contributed by atoms with Crippen molar-refractivity contribution in [2.75, 3.05) is 19.7 Å². The fourth-order valence-electron chi connectivity index (χ4n) is 2.89. The zero-order valence-electron chi connectivity index (χ0n) is 10.7. The van der Waals surface area contributed by atoms with Crippen molar-refractivity contribution in [1.29, 1.82) is 0 Å². The highest BCUT2D eigenvalue weighted by Gasteiger charge is 2.30. The van der Waals surface area contributed by atoms with E-state index in [2.05, 4.69) is 12.2 Å². The Morgan fingerprint density at radius 2 is 2.00 bits per heavy atom. The van der Waals surface area contributed by atoms with Crippen molar-refractivity contribution in [2.24, 2.45) is 5.92 Å². The molecule has 2 saturated heterocycles. The molecule has 2 N–H and O–H groups in total. The van der Waals surface area contributed by atoms with Crippen molar-refractivity contribution in [3.8, 4) is 0 Å². The fourth-order valence-corrected chi connectivity index (χ4v) is 2.89. The van der Waals surface area contributed by atoms with E-state index in [1.165, 1.54) is 6.42 Å². The Bertz CT molecular complexity index is 262. The normalized spacial score (nSPS) is 31.5. The molecule has 2 unspecified atom stereocenters. The number of hydrogen-bond donors (Lipinski definition) is 2. The molecule has 2 fully saturated rings. The Morgan fingerprint density at radius 1 is 1.29 bits per heavy atom. The van der Waals surface area contributed by atoms with Crippen molar-refractivity contribution in [3.05, 3.63) is 0 Å². The molecule has 2 heterocycles. The van der Waals surface area contributed by atoms with Crippen LogP contribution in [0.15, 0.2) is 0 Å². The van der Waals surface area contributed by atoms with Crippen LogP contribution in [0.2, 0.25) is 0 Å². The summed E-state index contributed by atoms with van der Waals surface area (Å²) < 4.78 is 0. The number of nitrogens with one attached hydrogen (secondary N) is 1. The SMILES string of the molecule is CC1CCCC(C(=O)N2CCC(CO)CC2)N1. The molecule has 2 aliphatic rings. The van der Waals surface area contributed by atoms with E-state index >= 15 is 0 Å². The molecule has 2 aliphatic heterocycles. The lowest BCUT2D eigenvalue weighted by molar-refractivity contribution is -0.136. The van der Waals surface area contributed by atoms with Crippen molar-refractivity contribution in [1.82, 2.24) is 10.2 Å². The molecule has 0 aromatic rings. The Hall–Kier alpha value is -0.610. The third-order valence-corrected chi connectivity index (χ3v) is 4.10. The first-order chi connectivity index (χ1) is 8.20. The Balaban J connectivity index is 1.83. The van der Waals surface area contributed by atoms with Crippen LogP contribution in [0.4, 0.5) is 0 Å². The topological polar surface area (TPSA) is 52.6 Å². The Morgan fingerprint density at radius 3 is 2.59 bits per heavy atom. The lowest BCUT2D eigenvalue weighted by Crippen LogP contribution is -2.53. The lowest BCUT2D eigenvalue weighted by atomic mass is 9.95. The minimum atomic E-state index is 0.0319. The maximum absolute atomic E-state index is 12.3. The summed E-state index contributed by atoms with van der Waals surface area (Å²) in [6, 6.07) is 0.497. The minimum Gasteiger partial charge on any atom is -0.396 e. The molecule has 0 bridgehead atoms. The van der Waals surface area contributed by atoms with Gasteiger partial charge in [0, 0.05) is 25.7 Å². The maximum Gasteiger partial charge on any atom is 0.239 e. The van der Waals surface area contributed by atoms with Gasteiger partial charge in [-0.15, -0.1) is 0 Å². The van der Waals surface area contributed by atoms with E-state index in [0.29, 0.717) is 12.0 Å². The van der Waals surface area contributed by atoms with Gasteiger partial charge in [-0.3, -0.25) is 4.79 Å². The average molecular weight is 240 g/mol. The molecule has 98 valence electrons. The van der Waals surface area contributed by atoms with Crippen LogP contribution in [0.25, 0.3) is 0 Å². The molecule has 0 aromatic carbocycles. The maximum atomic E-state index is 12.3. The van der Waals surface area contributed by atoms with E-state index in [1.54, 1.807) is 0 Å². The standard InChI is InChI=1S/C13H24N2O2/c1-10-3-2-4-12(14-10)13(17)15-7-5-11(9-16)6-8-15/h10-12,14,16H,2-9H2,1H3. The number of likely N-dealkylation sites (tertiary alicyclic amines) is 1. The average Bonchev–Trinajstić information content (AvgIpc) is 2.38. The Kier molecular flexibility index (Phi) is 4.40. The number of hydrogen-bond acceptors (Lipinski definition) is 3. The second-order valence-electron chi connectivity index (χ2n) is 5.50. The highest BCUT2D eigenvalue weighted by molar-refractivity contribution is 5.82. The molecule has 0 aliphatic carbocycles.